The van der Waals surface area contributed by atoms with Gasteiger partial charge in [0.2, 0.25) is 5.91 Å². The number of carbonyl (C=O) groups is 2. The van der Waals surface area contributed by atoms with Crippen molar-refractivity contribution in [2.24, 2.45) is 0 Å². The van der Waals surface area contributed by atoms with Crippen molar-refractivity contribution in [1.82, 2.24) is 14.5 Å². The average molecular weight is 501 g/mol. The Labute approximate surface area is 201 Å². The molecule has 1 amide bonds. The van der Waals surface area contributed by atoms with Gasteiger partial charge in [0.05, 0.1) is 40.9 Å². The van der Waals surface area contributed by atoms with Gasteiger partial charge < -0.3 is 14.8 Å². The van der Waals surface area contributed by atoms with Gasteiger partial charge in [-0.3, -0.25) is 14.2 Å². The molecule has 184 valence electrons. The Hall–Kier alpha value is -3.64. The first kappa shape index (κ1) is 24.5. The summed E-state index contributed by atoms with van der Waals surface area (Å²) in [4.78, 5) is 46.6. The van der Waals surface area contributed by atoms with Gasteiger partial charge in [0.1, 0.15) is 11.9 Å². The molecule has 1 aromatic carbocycles. The lowest BCUT2D eigenvalue weighted by Crippen LogP contribution is -2.36. The molecule has 1 aliphatic heterocycles. The van der Waals surface area contributed by atoms with Crippen molar-refractivity contribution in [3.63, 3.8) is 0 Å². The second-order valence-electron chi connectivity index (χ2n) is 8.21. The smallest absolute Gasteiger partial charge is 0.339 e. The summed E-state index contributed by atoms with van der Waals surface area (Å²) in [7, 11) is -2.22. The van der Waals surface area contributed by atoms with E-state index in [0.717, 1.165) is 19.1 Å². The van der Waals surface area contributed by atoms with E-state index in [0.29, 0.717) is 6.61 Å². The molecule has 0 spiro atoms. The Morgan fingerprint density at radius 2 is 2.06 bits per heavy atom. The van der Waals surface area contributed by atoms with Crippen LogP contribution >= 0.6 is 0 Å². The number of methoxy groups -OCH3 is 1. The molecule has 3 heterocycles. The van der Waals surface area contributed by atoms with Crippen molar-refractivity contribution in [3.8, 4) is 0 Å². The third-order valence-electron chi connectivity index (χ3n) is 5.77. The Morgan fingerprint density at radius 1 is 1.26 bits per heavy atom. The molecule has 11 nitrogen and oxygen atoms in total. The number of pyridine rings is 1. The van der Waals surface area contributed by atoms with Gasteiger partial charge in [0.25, 0.3) is 5.56 Å². The molecule has 0 aliphatic carbocycles. The number of benzene rings is 1. The quantitative estimate of drug-likeness (QED) is 0.479. The van der Waals surface area contributed by atoms with Crippen molar-refractivity contribution >= 4 is 38.4 Å². The van der Waals surface area contributed by atoms with Crippen LogP contribution < -0.4 is 10.9 Å². The van der Waals surface area contributed by atoms with E-state index in [1.807, 2.05) is 0 Å². The van der Waals surface area contributed by atoms with Crippen LogP contribution in [0.1, 0.15) is 35.7 Å². The van der Waals surface area contributed by atoms with E-state index in [9.17, 15) is 22.8 Å². The number of sulfone groups is 1. The summed E-state index contributed by atoms with van der Waals surface area (Å²) in [5, 5.41) is 2.86. The van der Waals surface area contributed by atoms with Crippen LogP contribution in [0.25, 0.3) is 10.9 Å². The van der Waals surface area contributed by atoms with E-state index < -0.39 is 33.3 Å². The molecule has 1 saturated heterocycles. The van der Waals surface area contributed by atoms with E-state index in [1.54, 1.807) is 0 Å². The molecule has 0 radical (unpaired) electrons. The number of carbonyl (C=O) groups excluding carboxylic acids is 2. The van der Waals surface area contributed by atoms with Gasteiger partial charge in [-0.15, -0.1) is 0 Å². The number of amides is 1. The van der Waals surface area contributed by atoms with E-state index in [2.05, 4.69) is 20.0 Å². The highest BCUT2D eigenvalue weighted by molar-refractivity contribution is 7.90. The van der Waals surface area contributed by atoms with Gasteiger partial charge >= 0.3 is 5.97 Å². The molecule has 35 heavy (non-hydrogen) atoms. The molecule has 4 rings (SSSR count). The number of fused-ring (bicyclic) bond motifs is 1. The van der Waals surface area contributed by atoms with Crippen LogP contribution in [0, 0.1) is 0 Å². The molecule has 3 aromatic rings. The fraction of sp³-hybridized carbons (Fsp3) is 0.348. The van der Waals surface area contributed by atoms with Crippen molar-refractivity contribution in [2.45, 2.75) is 36.3 Å². The second-order valence-corrected chi connectivity index (χ2v) is 10.2. The number of esters is 1. The number of anilines is 1. The Balaban J connectivity index is 1.67. The summed E-state index contributed by atoms with van der Waals surface area (Å²) in [5.74, 6) is -0.867. The molecule has 0 saturated carbocycles. The molecule has 2 aromatic heterocycles. The first-order valence-electron chi connectivity index (χ1n) is 10.8. The maximum absolute atomic E-state index is 13.3. The summed E-state index contributed by atoms with van der Waals surface area (Å²) in [6.07, 6.45) is 5.22. The lowest BCUT2D eigenvalue weighted by Gasteiger charge is -2.22. The Morgan fingerprint density at radius 3 is 2.69 bits per heavy atom. The maximum atomic E-state index is 13.3. The van der Waals surface area contributed by atoms with Gasteiger partial charge in [-0.2, -0.15) is 0 Å². The molecule has 1 aliphatic rings. The van der Waals surface area contributed by atoms with Crippen LogP contribution in [0.15, 0.2) is 52.5 Å². The van der Waals surface area contributed by atoms with E-state index in [1.165, 1.54) is 54.5 Å². The van der Waals surface area contributed by atoms with Crippen LogP contribution in [-0.4, -0.2) is 60.9 Å². The van der Waals surface area contributed by atoms with E-state index in [-0.39, 0.29) is 39.7 Å². The van der Waals surface area contributed by atoms with Crippen molar-refractivity contribution in [1.29, 1.82) is 0 Å². The number of nitrogens with one attached hydrogen (secondary N) is 1. The monoisotopic (exact) mass is 500 g/mol. The normalized spacial score (nSPS) is 16.7. The zero-order chi connectivity index (χ0) is 25.2. The van der Waals surface area contributed by atoms with Gasteiger partial charge in [-0.25, -0.2) is 23.2 Å². The van der Waals surface area contributed by atoms with Gasteiger partial charge in [-0.05, 0) is 43.2 Å². The third kappa shape index (κ3) is 5.38. The third-order valence-corrected chi connectivity index (χ3v) is 6.88. The summed E-state index contributed by atoms with van der Waals surface area (Å²) in [6.45, 7) is 0.578. The van der Waals surface area contributed by atoms with E-state index >= 15 is 0 Å². The number of rotatable bonds is 7. The molecular weight excluding hydrogens is 476 g/mol. The minimum absolute atomic E-state index is 0.0461. The lowest BCUT2D eigenvalue weighted by atomic mass is 10.1. The standard InChI is InChI=1S/C23H24N4O7S/c1-33-23(30)14-5-8-20(24-12-14)26-21(28)19(10-15-4-3-9-34-15)27-13-25-18-11-16(35(2,31)32)6-7-17(18)22(27)29/h5-8,11-13,15,19H,3-4,9-10H2,1-2H3,(H,24,26,28). The fourth-order valence-electron chi connectivity index (χ4n) is 3.91. The maximum Gasteiger partial charge on any atom is 0.339 e. The molecule has 1 fully saturated rings. The van der Waals surface area contributed by atoms with Crippen LogP contribution in [0.2, 0.25) is 0 Å². The first-order valence-corrected chi connectivity index (χ1v) is 12.7. The Kier molecular flexibility index (Phi) is 6.94. The number of nitrogens with zero attached hydrogens (tertiary/aromatic N) is 3. The van der Waals surface area contributed by atoms with Crippen LogP contribution in [0.4, 0.5) is 5.82 Å². The summed E-state index contributed by atoms with van der Waals surface area (Å²) >= 11 is 0. The van der Waals surface area contributed by atoms with Crippen molar-refractivity contribution in [2.75, 3.05) is 25.3 Å². The first-order chi connectivity index (χ1) is 16.7. The zero-order valence-corrected chi connectivity index (χ0v) is 19.9. The van der Waals surface area contributed by atoms with E-state index in [4.69, 9.17) is 4.74 Å². The minimum atomic E-state index is -3.47. The minimum Gasteiger partial charge on any atom is -0.465 e. The van der Waals surface area contributed by atoms with Gasteiger partial charge in [0.15, 0.2) is 9.84 Å². The molecule has 0 bridgehead atoms. The molecule has 2 unspecified atom stereocenters. The summed E-state index contributed by atoms with van der Waals surface area (Å²) < 4.78 is 35.3. The summed E-state index contributed by atoms with van der Waals surface area (Å²) in [5.41, 5.74) is -0.0440. The van der Waals surface area contributed by atoms with Crippen LogP contribution in [-0.2, 0) is 24.1 Å². The van der Waals surface area contributed by atoms with Crippen molar-refractivity contribution in [3.05, 3.63) is 58.8 Å². The number of ether oxygens (including phenoxy) is 2. The van der Waals surface area contributed by atoms with Gasteiger partial charge in [0, 0.05) is 25.5 Å². The van der Waals surface area contributed by atoms with Crippen LogP contribution in [0.5, 0.6) is 0 Å². The highest BCUT2D eigenvalue weighted by Crippen LogP contribution is 2.24. The molecule has 2 atom stereocenters. The highest BCUT2D eigenvalue weighted by Gasteiger charge is 2.29. The largest absolute Gasteiger partial charge is 0.465 e. The second kappa shape index (κ2) is 9.92. The average Bonchev–Trinajstić information content (AvgIpc) is 3.35. The number of hydrogen-bond donors (Lipinski definition) is 1. The molecule has 1 N–H and O–H groups in total. The highest BCUT2D eigenvalue weighted by atomic mass is 32.2. The lowest BCUT2D eigenvalue weighted by molar-refractivity contribution is -0.120. The fourth-order valence-corrected chi connectivity index (χ4v) is 4.55. The zero-order valence-electron chi connectivity index (χ0n) is 19.1. The molecule has 12 heteroatoms. The topological polar surface area (TPSA) is 147 Å². The Bertz CT molecular complexity index is 1430. The van der Waals surface area contributed by atoms with Crippen LogP contribution in [0.3, 0.4) is 0 Å². The molecular formula is C23H24N4O7S. The van der Waals surface area contributed by atoms with Crippen molar-refractivity contribution < 1.29 is 27.5 Å². The SMILES string of the molecule is COC(=O)c1ccc(NC(=O)C(CC2CCCO2)n2cnc3cc(S(C)(=O)=O)ccc3c2=O)nc1. The van der Waals surface area contributed by atoms with Gasteiger partial charge in [-0.1, -0.05) is 0 Å². The number of aromatic nitrogens is 3. The number of hydrogen-bond acceptors (Lipinski definition) is 9. The predicted molar refractivity (Wildman–Crippen MR) is 126 cm³/mol. The summed E-state index contributed by atoms with van der Waals surface area (Å²) in [6, 6.07) is 6.03. The predicted octanol–water partition coefficient (Wildman–Crippen LogP) is 1.73.